The van der Waals surface area contributed by atoms with E-state index in [1.165, 1.54) is 24.1 Å². The smallest absolute Gasteiger partial charge is 0.152 e. The van der Waals surface area contributed by atoms with Gasteiger partial charge in [0.25, 0.3) is 0 Å². The predicted molar refractivity (Wildman–Crippen MR) is 103 cm³/mol. The Morgan fingerprint density at radius 2 is 1.96 bits per heavy atom. The molecule has 0 atom stereocenters. The lowest BCUT2D eigenvalue weighted by Gasteiger charge is -2.20. The fraction of sp³-hybridized carbons (Fsp3) is 0.300. The van der Waals surface area contributed by atoms with Crippen LogP contribution >= 0.6 is 11.6 Å². The molecular formula is C20H21ClN4O. The molecule has 0 saturated carbocycles. The van der Waals surface area contributed by atoms with Crippen LogP contribution in [0.25, 0.3) is 0 Å². The van der Waals surface area contributed by atoms with Crippen molar-refractivity contribution in [1.29, 1.82) is 0 Å². The third kappa shape index (κ3) is 3.83. The van der Waals surface area contributed by atoms with Crippen LogP contribution < -0.4 is 10.1 Å². The second kappa shape index (κ2) is 7.38. The summed E-state index contributed by atoms with van der Waals surface area (Å²) < 4.78 is 5.88. The molecule has 1 aromatic carbocycles. The van der Waals surface area contributed by atoms with Crippen molar-refractivity contribution in [2.24, 2.45) is 0 Å². The largest absolute Gasteiger partial charge is 0.487 e. The third-order valence-corrected chi connectivity index (χ3v) is 4.77. The minimum atomic E-state index is 0.420. The number of aryl methyl sites for hydroxylation is 2. The third-order valence-electron chi connectivity index (χ3n) is 4.52. The Morgan fingerprint density at radius 3 is 2.73 bits per heavy atom. The lowest BCUT2D eigenvalue weighted by Crippen LogP contribution is -2.12. The van der Waals surface area contributed by atoms with E-state index >= 15 is 0 Å². The number of aromatic nitrogens is 3. The predicted octanol–water partition coefficient (Wildman–Crippen LogP) is 4.97. The van der Waals surface area contributed by atoms with Gasteiger partial charge in [-0.1, -0.05) is 11.6 Å². The average Bonchev–Trinajstić information content (AvgIpc) is 3.06. The normalized spacial score (nSPS) is 13.3. The Bertz CT molecular complexity index is 905. The minimum Gasteiger partial charge on any atom is -0.487 e. The van der Waals surface area contributed by atoms with Gasteiger partial charge in [-0.25, -0.2) is 0 Å². The summed E-state index contributed by atoms with van der Waals surface area (Å²) in [4.78, 5) is 4.83. The summed E-state index contributed by atoms with van der Waals surface area (Å²) in [6, 6.07) is 11.5. The van der Waals surface area contributed by atoms with Crippen molar-refractivity contribution in [1.82, 2.24) is 15.2 Å². The lowest BCUT2D eigenvalue weighted by molar-refractivity contribution is 0.301. The summed E-state index contributed by atoms with van der Waals surface area (Å²) in [6.07, 6.45) is 4.44. The van der Waals surface area contributed by atoms with E-state index in [0.717, 1.165) is 41.5 Å². The monoisotopic (exact) mass is 368 g/mol. The average molecular weight is 369 g/mol. The van der Waals surface area contributed by atoms with E-state index in [1.54, 1.807) is 0 Å². The standard InChI is InChI=1S/C20H21ClN4O/c1-13-10-20(25-24-13)23-19-11-15(22-18-5-3-2-4-17(18)19)12-26-16-8-6-14(21)7-9-16/h6-11H,2-5,12H2,1H3,(H2,22,23,24,25). The highest BCUT2D eigenvalue weighted by Crippen LogP contribution is 2.30. The maximum Gasteiger partial charge on any atom is 0.152 e. The SMILES string of the molecule is Cc1cc(Nc2cc(COc3ccc(Cl)cc3)nc3c2CCCC3)n[nH]1. The summed E-state index contributed by atoms with van der Waals surface area (Å²) in [5, 5.41) is 11.4. The molecule has 3 aromatic rings. The summed E-state index contributed by atoms with van der Waals surface area (Å²) in [5.41, 5.74) is 5.49. The molecule has 0 spiro atoms. The van der Waals surface area contributed by atoms with Crippen LogP contribution in [-0.2, 0) is 19.4 Å². The highest BCUT2D eigenvalue weighted by Gasteiger charge is 2.17. The number of nitrogens with one attached hydrogen (secondary N) is 2. The number of anilines is 2. The van der Waals surface area contributed by atoms with E-state index in [-0.39, 0.29) is 0 Å². The van der Waals surface area contributed by atoms with E-state index in [2.05, 4.69) is 21.6 Å². The summed E-state index contributed by atoms with van der Waals surface area (Å²) in [6.45, 7) is 2.41. The highest BCUT2D eigenvalue weighted by molar-refractivity contribution is 6.30. The molecule has 2 aromatic heterocycles. The van der Waals surface area contributed by atoms with Crippen molar-refractivity contribution in [3.63, 3.8) is 0 Å². The molecule has 0 amide bonds. The van der Waals surface area contributed by atoms with Crippen molar-refractivity contribution in [2.45, 2.75) is 39.2 Å². The van der Waals surface area contributed by atoms with Gasteiger partial charge < -0.3 is 10.1 Å². The number of H-pyrrole nitrogens is 1. The molecule has 0 radical (unpaired) electrons. The number of aromatic amines is 1. The quantitative estimate of drug-likeness (QED) is 0.667. The van der Waals surface area contributed by atoms with Crippen molar-refractivity contribution < 1.29 is 4.74 Å². The van der Waals surface area contributed by atoms with Crippen LogP contribution in [0.5, 0.6) is 5.75 Å². The molecule has 134 valence electrons. The van der Waals surface area contributed by atoms with Gasteiger partial charge in [0.2, 0.25) is 0 Å². The van der Waals surface area contributed by atoms with Crippen LogP contribution in [0.15, 0.2) is 36.4 Å². The zero-order valence-corrected chi connectivity index (χ0v) is 15.4. The van der Waals surface area contributed by atoms with E-state index in [0.29, 0.717) is 11.6 Å². The van der Waals surface area contributed by atoms with Crippen LogP contribution in [-0.4, -0.2) is 15.2 Å². The van der Waals surface area contributed by atoms with E-state index in [1.807, 2.05) is 37.3 Å². The van der Waals surface area contributed by atoms with Crippen molar-refractivity contribution >= 4 is 23.1 Å². The molecule has 1 aliphatic rings. The Kier molecular flexibility index (Phi) is 4.80. The molecule has 1 aliphatic carbocycles. The number of hydrogen-bond donors (Lipinski definition) is 2. The number of fused-ring (bicyclic) bond motifs is 1. The Labute approximate surface area is 157 Å². The molecule has 0 bridgehead atoms. The number of nitrogens with zero attached hydrogens (tertiary/aromatic N) is 2. The molecule has 4 rings (SSSR count). The van der Waals surface area contributed by atoms with Crippen LogP contribution in [0, 0.1) is 6.92 Å². The maximum absolute atomic E-state index is 5.92. The zero-order chi connectivity index (χ0) is 17.9. The fourth-order valence-electron chi connectivity index (χ4n) is 3.26. The number of ether oxygens (including phenoxy) is 1. The molecule has 0 saturated heterocycles. The number of hydrogen-bond acceptors (Lipinski definition) is 4. The van der Waals surface area contributed by atoms with Gasteiger partial charge in [-0.05, 0) is 68.5 Å². The first-order valence-corrected chi connectivity index (χ1v) is 9.24. The minimum absolute atomic E-state index is 0.420. The van der Waals surface area contributed by atoms with Gasteiger partial charge in [-0.15, -0.1) is 0 Å². The molecule has 0 fully saturated rings. The molecular weight excluding hydrogens is 348 g/mol. The van der Waals surface area contributed by atoms with Gasteiger partial charge >= 0.3 is 0 Å². The second-order valence-corrected chi connectivity index (χ2v) is 7.03. The van der Waals surface area contributed by atoms with E-state index in [4.69, 9.17) is 21.3 Å². The molecule has 5 nitrogen and oxygen atoms in total. The lowest BCUT2D eigenvalue weighted by atomic mass is 9.94. The van der Waals surface area contributed by atoms with Gasteiger partial charge in [-0.2, -0.15) is 5.10 Å². The van der Waals surface area contributed by atoms with E-state index in [9.17, 15) is 0 Å². The first-order chi connectivity index (χ1) is 12.7. The second-order valence-electron chi connectivity index (χ2n) is 6.60. The number of rotatable bonds is 5. The number of benzene rings is 1. The topological polar surface area (TPSA) is 62.8 Å². The van der Waals surface area contributed by atoms with Crippen molar-refractivity contribution in [3.8, 4) is 5.75 Å². The van der Waals surface area contributed by atoms with Crippen LogP contribution in [0.2, 0.25) is 5.02 Å². The van der Waals surface area contributed by atoms with Crippen LogP contribution in [0.1, 0.15) is 35.5 Å². The van der Waals surface area contributed by atoms with Crippen molar-refractivity contribution in [2.75, 3.05) is 5.32 Å². The van der Waals surface area contributed by atoms with Gasteiger partial charge in [0.05, 0.1) is 5.69 Å². The zero-order valence-electron chi connectivity index (χ0n) is 14.7. The number of pyridine rings is 1. The van der Waals surface area contributed by atoms with Crippen molar-refractivity contribution in [3.05, 3.63) is 64.1 Å². The maximum atomic E-state index is 5.92. The molecule has 0 aliphatic heterocycles. The summed E-state index contributed by atoms with van der Waals surface area (Å²) in [5.74, 6) is 1.61. The van der Waals surface area contributed by atoms with Gasteiger partial charge in [0.15, 0.2) is 5.82 Å². The Balaban J connectivity index is 1.58. The summed E-state index contributed by atoms with van der Waals surface area (Å²) >= 11 is 5.92. The van der Waals surface area contributed by atoms with Gasteiger partial charge in [0, 0.05) is 28.2 Å². The molecule has 26 heavy (non-hydrogen) atoms. The fourth-order valence-corrected chi connectivity index (χ4v) is 3.38. The van der Waals surface area contributed by atoms with E-state index < -0.39 is 0 Å². The van der Waals surface area contributed by atoms with Gasteiger partial charge in [0.1, 0.15) is 12.4 Å². The first-order valence-electron chi connectivity index (χ1n) is 8.86. The number of halogens is 1. The molecule has 0 unspecified atom stereocenters. The van der Waals surface area contributed by atoms with Crippen LogP contribution in [0.3, 0.4) is 0 Å². The Hall–Kier alpha value is -2.53. The summed E-state index contributed by atoms with van der Waals surface area (Å²) in [7, 11) is 0. The van der Waals surface area contributed by atoms with Gasteiger partial charge in [-0.3, -0.25) is 10.1 Å². The van der Waals surface area contributed by atoms with Crippen LogP contribution in [0.4, 0.5) is 11.5 Å². The first kappa shape index (κ1) is 16.9. The Morgan fingerprint density at radius 1 is 1.15 bits per heavy atom. The highest BCUT2D eigenvalue weighted by atomic mass is 35.5. The molecule has 6 heteroatoms. The molecule has 2 N–H and O–H groups in total. The molecule has 2 heterocycles.